The summed E-state index contributed by atoms with van der Waals surface area (Å²) >= 11 is 0. The lowest BCUT2D eigenvalue weighted by molar-refractivity contribution is -0.124. The lowest BCUT2D eigenvalue weighted by atomic mass is 10.1. The molecule has 0 radical (unpaired) electrons. The largest absolute Gasteiger partial charge is 0.356 e. The SMILES string of the molecule is CC(CCCN)C(=O)NCCC(C)S(C)=O. The highest BCUT2D eigenvalue weighted by atomic mass is 32.2. The number of carbonyl (C=O) groups is 1. The maximum absolute atomic E-state index is 11.6. The Balaban J connectivity index is 3.68. The highest BCUT2D eigenvalue weighted by Gasteiger charge is 2.12. The second-order valence-electron chi connectivity index (χ2n) is 4.22. The van der Waals surface area contributed by atoms with E-state index >= 15 is 0 Å². The van der Waals surface area contributed by atoms with Crippen LogP contribution in [-0.4, -0.2) is 34.7 Å². The van der Waals surface area contributed by atoms with E-state index in [4.69, 9.17) is 5.73 Å². The van der Waals surface area contributed by atoms with Crippen LogP contribution < -0.4 is 11.1 Å². The van der Waals surface area contributed by atoms with Crippen LogP contribution in [0.15, 0.2) is 0 Å². The number of nitrogens with two attached hydrogens (primary N) is 1. The van der Waals surface area contributed by atoms with Crippen molar-refractivity contribution >= 4 is 16.7 Å². The summed E-state index contributed by atoms with van der Waals surface area (Å²) in [5.74, 6) is 0.0912. The molecule has 0 aliphatic carbocycles. The fourth-order valence-electron chi connectivity index (χ4n) is 1.29. The Labute approximate surface area is 101 Å². The normalized spacial score (nSPS) is 16.5. The van der Waals surface area contributed by atoms with Gasteiger partial charge in [0.2, 0.25) is 5.91 Å². The molecule has 3 unspecified atom stereocenters. The first-order valence-corrected chi connectivity index (χ1v) is 7.41. The van der Waals surface area contributed by atoms with E-state index in [1.54, 1.807) is 6.26 Å². The van der Waals surface area contributed by atoms with Crippen LogP contribution in [0.5, 0.6) is 0 Å². The van der Waals surface area contributed by atoms with Crippen LogP contribution in [0, 0.1) is 5.92 Å². The smallest absolute Gasteiger partial charge is 0.222 e. The van der Waals surface area contributed by atoms with Gasteiger partial charge < -0.3 is 11.1 Å². The fraction of sp³-hybridized carbons (Fsp3) is 0.909. The zero-order valence-electron chi connectivity index (χ0n) is 10.5. The molecule has 1 amide bonds. The predicted octanol–water partition coefficient (Wildman–Crippen LogP) is 0.635. The predicted molar refractivity (Wildman–Crippen MR) is 68.6 cm³/mol. The van der Waals surface area contributed by atoms with Gasteiger partial charge in [0.15, 0.2) is 0 Å². The molecule has 0 heterocycles. The molecule has 0 bridgehead atoms. The quantitative estimate of drug-likeness (QED) is 0.662. The average Bonchev–Trinajstić information content (AvgIpc) is 2.25. The molecule has 0 rings (SSSR count). The summed E-state index contributed by atoms with van der Waals surface area (Å²) in [6.45, 7) is 5.07. The van der Waals surface area contributed by atoms with Crippen LogP contribution >= 0.6 is 0 Å². The molecule has 0 saturated heterocycles. The van der Waals surface area contributed by atoms with E-state index in [0.29, 0.717) is 13.1 Å². The van der Waals surface area contributed by atoms with Crippen molar-refractivity contribution in [2.24, 2.45) is 11.7 Å². The van der Waals surface area contributed by atoms with Gasteiger partial charge in [-0.1, -0.05) is 13.8 Å². The lowest BCUT2D eigenvalue weighted by Gasteiger charge is -2.13. The molecule has 0 aromatic rings. The van der Waals surface area contributed by atoms with Crippen LogP contribution in [0.1, 0.15) is 33.1 Å². The Morgan fingerprint density at radius 2 is 2.00 bits per heavy atom. The molecule has 4 nitrogen and oxygen atoms in total. The summed E-state index contributed by atoms with van der Waals surface area (Å²) in [5, 5.41) is 3.00. The number of amides is 1. The summed E-state index contributed by atoms with van der Waals surface area (Å²) < 4.78 is 11.1. The molecule has 3 N–H and O–H groups in total. The van der Waals surface area contributed by atoms with Gasteiger partial charge in [-0.25, -0.2) is 0 Å². The maximum atomic E-state index is 11.6. The summed E-state index contributed by atoms with van der Waals surface area (Å²) in [7, 11) is -0.808. The molecule has 0 aliphatic rings. The van der Waals surface area contributed by atoms with Gasteiger partial charge in [-0.15, -0.1) is 0 Å². The molecule has 3 atom stereocenters. The molecular formula is C11H24N2O2S. The minimum atomic E-state index is -0.808. The van der Waals surface area contributed by atoms with Crippen molar-refractivity contribution in [2.75, 3.05) is 19.3 Å². The van der Waals surface area contributed by atoms with Crippen molar-refractivity contribution in [1.82, 2.24) is 5.32 Å². The zero-order valence-corrected chi connectivity index (χ0v) is 11.3. The minimum Gasteiger partial charge on any atom is -0.356 e. The highest BCUT2D eigenvalue weighted by molar-refractivity contribution is 7.84. The van der Waals surface area contributed by atoms with Crippen molar-refractivity contribution in [2.45, 2.75) is 38.4 Å². The van der Waals surface area contributed by atoms with E-state index in [9.17, 15) is 9.00 Å². The number of hydrogen-bond donors (Lipinski definition) is 2. The second-order valence-corrected chi connectivity index (χ2v) is 6.02. The number of nitrogens with one attached hydrogen (secondary N) is 1. The molecule has 0 spiro atoms. The molecule has 0 aromatic heterocycles. The second kappa shape index (κ2) is 8.70. The van der Waals surface area contributed by atoms with E-state index < -0.39 is 10.8 Å². The Kier molecular flexibility index (Phi) is 8.47. The molecule has 16 heavy (non-hydrogen) atoms. The third-order valence-corrected chi connectivity index (χ3v) is 4.07. The number of carbonyl (C=O) groups excluding carboxylic acids is 1. The van der Waals surface area contributed by atoms with E-state index in [2.05, 4.69) is 5.32 Å². The Morgan fingerprint density at radius 1 is 1.38 bits per heavy atom. The van der Waals surface area contributed by atoms with Crippen molar-refractivity contribution in [3.05, 3.63) is 0 Å². The van der Waals surface area contributed by atoms with Crippen LogP contribution in [-0.2, 0) is 15.6 Å². The van der Waals surface area contributed by atoms with Crippen LogP contribution in [0.4, 0.5) is 0 Å². The van der Waals surface area contributed by atoms with E-state index in [-0.39, 0.29) is 17.1 Å². The van der Waals surface area contributed by atoms with Gasteiger partial charge in [0, 0.05) is 34.8 Å². The Hall–Kier alpha value is -0.420. The Bertz CT molecular complexity index is 234. The van der Waals surface area contributed by atoms with Gasteiger partial charge in [-0.05, 0) is 25.8 Å². The topological polar surface area (TPSA) is 72.2 Å². The number of hydrogen-bond acceptors (Lipinski definition) is 3. The van der Waals surface area contributed by atoms with Crippen LogP contribution in [0.3, 0.4) is 0 Å². The van der Waals surface area contributed by atoms with Gasteiger partial charge in [0.05, 0.1) is 0 Å². The summed E-state index contributed by atoms with van der Waals surface area (Å²) in [6, 6.07) is 0. The molecule has 0 fully saturated rings. The number of rotatable bonds is 8. The fourth-order valence-corrected chi connectivity index (χ4v) is 1.74. The minimum absolute atomic E-state index is 0.0194. The van der Waals surface area contributed by atoms with Crippen molar-refractivity contribution < 1.29 is 9.00 Å². The molecule has 0 saturated carbocycles. The standard InChI is InChI=1S/C11H24N2O2S/c1-9(5-4-7-12)11(14)13-8-6-10(2)16(3)15/h9-10H,4-8,12H2,1-3H3,(H,13,14). The van der Waals surface area contributed by atoms with Gasteiger partial charge in [0.1, 0.15) is 0 Å². The summed E-state index contributed by atoms with van der Waals surface area (Å²) in [4.78, 5) is 11.6. The molecule has 96 valence electrons. The third-order valence-electron chi connectivity index (χ3n) is 2.71. The Morgan fingerprint density at radius 3 is 2.50 bits per heavy atom. The van der Waals surface area contributed by atoms with Gasteiger partial charge in [-0.3, -0.25) is 9.00 Å². The van der Waals surface area contributed by atoms with E-state index in [0.717, 1.165) is 19.3 Å². The average molecular weight is 248 g/mol. The van der Waals surface area contributed by atoms with E-state index in [1.165, 1.54) is 0 Å². The van der Waals surface area contributed by atoms with Gasteiger partial charge in [0.25, 0.3) is 0 Å². The van der Waals surface area contributed by atoms with Crippen molar-refractivity contribution in [1.29, 1.82) is 0 Å². The third kappa shape index (κ3) is 6.95. The summed E-state index contributed by atoms with van der Waals surface area (Å²) in [5.41, 5.74) is 5.38. The van der Waals surface area contributed by atoms with Crippen LogP contribution in [0.25, 0.3) is 0 Å². The first-order chi connectivity index (χ1) is 7.49. The van der Waals surface area contributed by atoms with E-state index in [1.807, 2.05) is 13.8 Å². The van der Waals surface area contributed by atoms with Crippen molar-refractivity contribution in [3.63, 3.8) is 0 Å². The van der Waals surface area contributed by atoms with Gasteiger partial charge in [-0.2, -0.15) is 0 Å². The zero-order chi connectivity index (χ0) is 12.6. The maximum Gasteiger partial charge on any atom is 0.222 e. The molecule has 0 aliphatic heterocycles. The highest BCUT2D eigenvalue weighted by Crippen LogP contribution is 2.04. The van der Waals surface area contributed by atoms with Gasteiger partial charge >= 0.3 is 0 Å². The molecule has 0 aromatic carbocycles. The summed E-state index contributed by atoms with van der Waals surface area (Å²) in [6.07, 6.45) is 4.16. The van der Waals surface area contributed by atoms with Crippen molar-refractivity contribution in [3.8, 4) is 0 Å². The molecule has 5 heteroatoms. The first-order valence-electron chi connectivity index (χ1n) is 5.79. The lowest BCUT2D eigenvalue weighted by Crippen LogP contribution is -2.32. The van der Waals surface area contributed by atoms with Crippen LogP contribution in [0.2, 0.25) is 0 Å². The molecular weight excluding hydrogens is 224 g/mol. The first kappa shape index (κ1) is 15.6. The monoisotopic (exact) mass is 248 g/mol.